The van der Waals surface area contributed by atoms with Crippen LogP contribution < -0.4 is 11.1 Å². The average molecular weight is 294 g/mol. The van der Waals surface area contributed by atoms with E-state index < -0.39 is 0 Å². The molecule has 0 heterocycles. The van der Waals surface area contributed by atoms with Gasteiger partial charge in [0.25, 0.3) is 5.91 Å². The Morgan fingerprint density at radius 3 is 2.73 bits per heavy atom. The predicted octanol–water partition coefficient (Wildman–Crippen LogP) is 1.87. The number of nitrogens with one attached hydrogen (secondary N) is 1. The Kier molecular flexibility index (Phi) is 6.56. The summed E-state index contributed by atoms with van der Waals surface area (Å²) in [5, 5.41) is 2.73. The highest BCUT2D eigenvalue weighted by Gasteiger charge is 2.07. The maximum atomic E-state index is 11.6. The van der Waals surface area contributed by atoms with Crippen molar-refractivity contribution < 1.29 is 4.79 Å². The van der Waals surface area contributed by atoms with Gasteiger partial charge in [0, 0.05) is 23.1 Å². The van der Waals surface area contributed by atoms with Crippen molar-refractivity contribution in [3.8, 4) is 0 Å². The summed E-state index contributed by atoms with van der Waals surface area (Å²) in [7, 11) is 0. The smallest absolute Gasteiger partial charge is 0.251 e. The molecule has 3 nitrogen and oxygen atoms in total. The number of nitrogens with two attached hydrogens (primary N) is 1. The zero-order valence-corrected chi connectivity index (χ0v) is 10.8. The van der Waals surface area contributed by atoms with E-state index in [2.05, 4.69) is 21.2 Å². The van der Waals surface area contributed by atoms with Crippen LogP contribution in [0.4, 0.5) is 0 Å². The van der Waals surface area contributed by atoms with E-state index in [-0.39, 0.29) is 18.3 Å². The van der Waals surface area contributed by atoms with Gasteiger partial charge in [-0.25, -0.2) is 0 Å². The Hall–Kier alpha value is -0.580. The minimum Gasteiger partial charge on any atom is -0.351 e. The number of amides is 1. The largest absolute Gasteiger partial charge is 0.351 e. The topological polar surface area (TPSA) is 55.1 Å². The molecule has 1 rings (SSSR count). The molecule has 3 N–H and O–H groups in total. The van der Waals surface area contributed by atoms with Gasteiger partial charge in [-0.3, -0.25) is 4.79 Å². The van der Waals surface area contributed by atoms with Crippen LogP contribution in [0, 0.1) is 6.92 Å². The van der Waals surface area contributed by atoms with Gasteiger partial charge in [0.15, 0.2) is 0 Å². The predicted molar refractivity (Wildman–Crippen MR) is 67.5 cm³/mol. The fraction of sp³-hybridized carbons (Fsp3) is 0.300. The molecule has 0 saturated carbocycles. The third-order valence-electron chi connectivity index (χ3n) is 1.86. The molecule has 0 bridgehead atoms. The lowest BCUT2D eigenvalue weighted by Gasteiger charge is -2.06. The first-order valence-corrected chi connectivity index (χ1v) is 5.19. The fourth-order valence-corrected chi connectivity index (χ4v) is 1.64. The molecule has 0 unspecified atom stereocenters. The Labute approximate surface area is 104 Å². The molecule has 0 aliphatic carbocycles. The van der Waals surface area contributed by atoms with E-state index in [1.807, 2.05) is 19.1 Å². The van der Waals surface area contributed by atoms with Crippen LogP contribution in [0.15, 0.2) is 22.7 Å². The van der Waals surface area contributed by atoms with Crippen molar-refractivity contribution in [2.75, 3.05) is 13.1 Å². The van der Waals surface area contributed by atoms with Gasteiger partial charge >= 0.3 is 0 Å². The molecule has 15 heavy (non-hydrogen) atoms. The summed E-state index contributed by atoms with van der Waals surface area (Å²) < 4.78 is 0.977. The van der Waals surface area contributed by atoms with E-state index in [0.29, 0.717) is 18.7 Å². The van der Waals surface area contributed by atoms with Crippen LogP contribution >= 0.6 is 28.3 Å². The van der Waals surface area contributed by atoms with Crippen molar-refractivity contribution in [3.63, 3.8) is 0 Å². The molecule has 0 aromatic heterocycles. The second-order valence-electron chi connectivity index (χ2n) is 3.00. The van der Waals surface area contributed by atoms with Crippen molar-refractivity contribution >= 4 is 34.2 Å². The number of hydrogen-bond acceptors (Lipinski definition) is 2. The Morgan fingerprint density at radius 1 is 1.53 bits per heavy atom. The molecule has 84 valence electrons. The second-order valence-corrected chi connectivity index (χ2v) is 3.92. The van der Waals surface area contributed by atoms with Crippen molar-refractivity contribution in [1.29, 1.82) is 0 Å². The summed E-state index contributed by atoms with van der Waals surface area (Å²) >= 11 is 3.35. The van der Waals surface area contributed by atoms with Crippen LogP contribution in [-0.4, -0.2) is 19.0 Å². The Bertz CT molecular complexity index is 344. The lowest BCUT2D eigenvalue weighted by atomic mass is 10.1. The number of hydrogen-bond donors (Lipinski definition) is 2. The van der Waals surface area contributed by atoms with Crippen LogP contribution in [-0.2, 0) is 0 Å². The summed E-state index contributed by atoms with van der Waals surface area (Å²) in [6.07, 6.45) is 0. The highest BCUT2D eigenvalue weighted by molar-refractivity contribution is 9.10. The maximum absolute atomic E-state index is 11.6. The number of carbonyl (C=O) groups excluding carboxylic acids is 1. The first-order chi connectivity index (χ1) is 6.65. The van der Waals surface area contributed by atoms with Crippen molar-refractivity contribution in [3.05, 3.63) is 33.8 Å². The molecule has 1 aromatic carbocycles. The molecule has 0 saturated heterocycles. The van der Waals surface area contributed by atoms with E-state index in [9.17, 15) is 4.79 Å². The molecule has 0 atom stereocenters. The number of carbonyl (C=O) groups is 1. The van der Waals surface area contributed by atoms with Gasteiger partial charge in [0.1, 0.15) is 0 Å². The van der Waals surface area contributed by atoms with Crippen LogP contribution in [0.1, 0.15) is 15.9 Å². The molecule has 0 aliphatic heterocycles. The standard InChI is InChI=1S/C10H13BrN2O.ClH/c1-7-6-8(11)2-3-9(7)10(14)13-5-4-12;/h2-3,6H,4-5,12H2,1H3,(H,13,14);1H. The molecule has 0 spiro atoms. The summed E-state index contributed by atoms with van der Waals surface area (Å²) in [5.41, 5.74) is 6.94. The van der Waals surface area contributed by atoms with Gasteiger partial charge < -0.3 is 11.1 Å². The van der Waals surface area contributed by atoms with E-state index in [4.69, 9.17) is 5.73 Å². The van der Waals surface area contributed by atoms with Crippen LogP contribution in [0.25, 0.3) is 0 Å². The molecule has 1 amide bonds. The highest BCUT2D eigenvalue weighted by Crippen LogP contribution is 2.15. The van der Waals surface area contributed by atoms with Gasteiger partial charge in [-0.2, -0.15) is 0 Å². The average Bonchev–Trinajstić information content (AvgIpc) is 2.14. The van der Waals surface area contributed by atoms with E-state index in [1.54, 1.807) is 6.07 Å². The number of aryl methyl sites for hydroxylation is 1. The first kappa shape index (κ1) is 14.4. The zero-order valence-electron chi connectivity index (χ0n) is 8.42. The lowest BCUT2D eigenvalue weighted by molar-refractivity contribution is 0.0954. The minimum atomic E-state index is -0.0690. The summed E-state index contributed by atoms with van der Waals surface area (Å²) in [5.74, 6) is -0.0690. The number of halogens is 2. The van der Waals surface area contributed by atoms with Gasteiger partial charge in [0.05, 0.1) is 0 Å². The van der Waals surface area contributed by atoms with E-state index in [1.165, 1.54) is 0 Å². The van der Waals surface area contributed by atoms with Gasteiger partial charge in [-0.15, -0.1) is 12.4 Å². The van der Waals surface area contributed by atoms with E-state index in [0.717, 1.165) is 10.0 Å². The normalized spacial score (nSPS) is 9.27. The van der Waals surface area contributed by atoms with E-state index >= 15 is 0 Å². The fourth-order valence-electron chi connectivity index (χ4n) is 1.16. The first-order valence-electron chi connectivity index (χ1n) is 4.39. The molecule has 5 heteroatoms. The van der Waals surface area contributed by atoms with Crippen LogP contribution in [0.5, 0.6) is 0 Å². The highest BCUT2D eigenvalue weighted by atomic mass is 79.9. The summed E-state index contributed by atoms with van der Waals surface area (Å²) in [6, 6.07) is 5.56. The number of rotatable bonds is 3. The van der Waals surface area contributed by atoms with Crippen molar-refractivity contribution in [2.45, 2.75) is 6.92 Å². The van der Waals surface area contributed by atoms with Gasteiger partial charge in [-0.05, 0) is 30.7 Å². The summed E-state index contributed by atoms with van der Waals surface area (Å²) in [6.45, 7) is 2.87. The maximum Gasteiger partial charge on any atom is 0.251 e. The van der Waals surface area contributed by atoms with Gasteiger partial charge in [-0.1, -0.05) is 15.9 Å². The van der Waals surface area contributed by atoms with Crippen molar-refractivity contribution in [2.24, 2.45) is 5.73 Å². The minimum absolute atomic E-state index is 0. The summed E-state index contributed by atoms with van der Waals surface area (Å²) in [4.78, 5) is 11.6. The third kappa shape index (κ3) is 4.20. The monoisotopic (exact) mass is 292 g/mol. The molecule has 0 radical (unpaired) electrons. The van der Waals surface area contributed by atoms with Crippen molar-refractivity contribution in [1.82, 2.24) is 5.32 Å². The molecule has 0 aliphatic rings. The molecule has 1 aromatic rings. The Balaban J connectivity index is 0.00000196. The molecule has 0 fully saturated rings. The number of benzene rings is 1. The zero-order chi connectivity index (χ0) is 10.6. The lowest BCUT2D eigenvalue weighted by Crippen LogP contribution is -2.29. The third-order valence-corrected chi connectivity index (χ3v) is 2.36. The molecular formula is C10H14BrClN2O. The Morgan fingerprint density at radius 2 is 2.20 bits per heavy atom. The second kappa shape index (κ2) is 6.82. The van der Waals surface area contributed by atoms with Crippen LogP contribution in [0.2, 0.25) is 0 Å². The van der Waals surface area contributed by atoms with Crippen LogP contribution in [0.3, 0.4) is 0 Å². The quantitative estimate of drug-likeness (QED) is 0.894. The molecular weight excluding hydrogens is 279 g/mol. The van der Waals surface area contributed by atoms with Gasteiger partial charge in [0.2, 0.25) is 0 Å². The SMILES string of the molecule is Cc1cc(Br)ccc1C(=O)NCCN.Cl.